The Bertz CT molecular complexity index is 1050. The molecule has 3 heterocycles. The maximum absolute atomic E-state index is 14.6. The van der Waals surface area contributed by atoms with Crippen LogP contribution in [0.3, 0.4) is 0 Å². The lowest BCUT2D eigenvalue weighted by molar-refractivity contribution is -0.0390. The minimum atomic E-state index is -0.627. The molecule has 0 aliphatic carbocycles. The van der Waals surface area contributed by atoms with Gasteiger partial charge in [-0.2, -0.15) is 0 Å². The van der Waals surface area contributed by atoms with E-state index in [0.29, 0.717) is 36.5 Å². The smallest absolute Gasteiger partial charge is 0.267 e. The van der Waals surface area contributed by atoms with Crippen molar-refractivity contribution in [3.8, 4) is 16.9 Å². The normalized spacial score (nSPS) is 14.7. The van der Waals surface area contributed by atoms with Crippen molar-refractivity contribution >= 4 is 16.8 Å². The molecular formula is C22H22FN3O4. The fraction of sp³-hybridized carbons (Fsp3) is 0.318. The van der Waals surface area contributed by atoms with Gasteiger partial charge in [0.05, 0.1) is 18.2 Å². The monoisotopic (exact) mass is 411 g/mol. The maximum Gasteiger partial charge on any atom is 0.267 e. The summed E-state index contributed by atoms with van der Waals surface area (Å²) in [5, 5.41) is 0.725. The number of aromatic nitrogens is 2. The highest BCUT2D eigenvalue weighted by molar-refractivity contribution is 5.97. The van der Waals surface area contributed by atoms with Gasteiger partial charge in [-0.1, -0.05) is 6.07 Å². The number of carbonyl (C=O) groups is 1. The van der Waals surface area contributed by atoms with Crippen molar-refractivity contribution in [2.45, 2.75) is 18.9 Å². The average molecular weight is 411 g/mol. The molecule has 8 heteroatoms. The van der Waals surface area contributed by atoms with Gasteiger partial charge >= 0.3 is 0 Å². The van der Waals surface area contributed by atoms with Gasteiger partial charge in [-0.3, -0.25) is 9.78 Å². The Labute approximate surface area is 173 Å². The van der Waals surface area contributed by atoms with E-state index in [4.69, 9.17) is 19.9 Å². The maximum atomic E-state index is 14.6. The van der Waals surface area contributed by atoms with Crippen molar-refractivity contribution in [3.63, 3.8) is 0 Å². The Morgan fingerprint density at radius 1 is 1.17 bits per heavy atom. The molecule has 1 aliphatic rings. The Hall–Kier alpha value is -3.10. The van der Waals surface area contributed by atoms with Gasteiger partial charge in [0.2, 0.25) is 0 Å². The minimum Gasteiger partial charge on any atom is -0.488 e. The number of hydrogen-bond acceptors (Lipinski definition) is 6. The number of halogens is 1. The topological polar surface area (TPSA) is 96.6 Å². The van der Waals surface area contributed by atoms with Crippen LogP contribution >= 0.6 is 0 Å². The number of benzene rings is 1. The number of hydrogen-bond donors (Lipinski definition) is 1. The zero-order valence-corrected chi connectivity index (χ0v) is 16.3. The second kappa shape index (κ2) is 9.15. The molecule has 1 fully saturated rings. The van der Waals surface area contributed by atoms with Gasteiger partial charge in [0.15, 0.2) is 11.6 Å². The summed E-state index contributed by atoms with van der Waals surface area (Å²) in [5.74, 6) is -0.979. The molecule has 2 aromatic heterocycles. The Balaban J connectivity index is 1.47. The summed E-state index contributed by atoms with van der Waals surface area (Å²) in [7, 11) is 0. The molecule has 156 valence electrons. The summed E-state index contributed by atoms with van der Waals surface area (Å²) in [6, 6.07) is 7.91. The summed E-state index contributed by atoms with van der Waals surface area (Å²) < 4.78 is 31.2. The van der Waals surface area contributed by atoms with Gasteiger partial charge < -0.3 is 19.9 Å². The van der Waals surface area contributed by atoms with Crippen molar-refractivity contribution in [3.05, 3.63) is 54.2 Å². The lowest BCUT2D eigenvalue weighted by Gasteiger charge is -2.22. The van der Waals surface area contributed by atoms with Crippen LogP contribution < -0.4 is 10.5 Å². The van der Waals surface area contributed by atoms with Crippen molar-refractivity contribution in [2.75, 3.05) is 26.4 Å². The van der Waals surface area contributed by atoms with Crippen LogP contribution in [0.1, 0.15) is 23.3 Å². The number of ether oxygens (including phenoxy) is 3. The lowest BCUT2D eigenvalue weighted by Crippen LogP contribution is -2.25. The van der Waals surface area contributed by atoms with E-state index in [-0.39, 0.29) is 24.2 Å². The molecule has 2 N–H and O–H groups in total. The third-order valence-corrected chi connectivity index (χ3v) is 4.96. The third-order valence-electron chi connectivity index (χ3n) is 4.96. The van der Waals surface area contributed by atoms with Gasteiger partial charge in [-0.15, -0.1) is 0 Å². The van der Waals surface area contributed by atoms with Crippen LogP contribution in [-0.4, -0.2) is 48.4 Å². The van der Waals surface area contributed by atoms with Crippen LogP contribution in [0.4, 0.5) is 4.39 Å². The molecule has 30 heavy (non-hydrogen) atoms. The van der Waals surface area contributed by atoms with Gasteiger partial charge in [0.1, 0.15) is 12.3 Å². The molecule has 1 aromatic carbocycles. The average Bonchev–Trinajstić information content (AvgIpc) is 2.77. The number of primary amides is 1. The number of nitrogens with zero attached hydrogens (tertiary/aromatic N) is 2. The van der Waals surface area contributed by atoms with Crippen molar-refractivity contribution in [1.29, 1.82) is 0 Å². The summed E-state index contributed by atoms with van der Waals surface area (Å²) in [6.07, 6.45) is 5.12. The van der Waals surface area contributed by atoms with Gasteiger partial charge in [-0.05, 0) is 42.7 Å². The van der Waals surface area contributed by atoms with Crippen LogP contribution in [0, 0.1) is 5.82 Å². The highest BCUT2D eigenvalue weighted by Gasteiger charge is 2.15. The molecule has 1 saturated heterocycles. The van der Waals surface area contributed by atoms with E-state index in [2.05, 4.69) is 9.97 Å². The highest BCUT2D eigenvalue weighted by Crippen LogP contribution is 2.30. The summed E-state index contributed by atoms with van der Waals surface area (Å²) in [4.78, 5) is 20.0. The molecule has 0 saturated carbocycles. The fourth-order valence-electron chi connectivity index (χ4n) is 3.39. The molecule has 0 spiro atoms. The molecule has 0 unspecified atom stereocenters. The SMILES string of the molecule is NC(=O)c1ccc2cncc(-c3ccc(OCCOC4CCOCC4)c(F)c3)c2n1. The van der Waals surface area contributed by atoms with E-state index in [1.807, 2.05) is 0 Å². The third kappa shape index (κ3) is 4.55. The number of amides is 1. The molecule has 1 aliphatic heterocycles. The zero-order valence-electron chi connectivity index (χ0n) is 16.3. The highest BCUT2D eigenvalue weighted by atomic mass is 19.1. The predicted molar refractivity (Wildman–Crippen MR) is 109 cm³/mol. The van der Waals surface area contributed by atoms with Crippen molar-refractivity contribution < 1.29 is 23.4 Å². The standard InChI is InChI=1S/C22H22FN3O4/c23-18-11-14(2-4-20(18)30-10-9-29-16-5-7-28-8-6-16)17-13-25-12-15-1-3-19(22(24)27)26-21(15)17/h1-4,11-13,16H,5-10H2,(H2,24,27). The Morgan fingerprint density at radius 2 is 2.00 bits per heavy atom. The van der Waals surface area contributed by atoms with E-state index < -0.39 is 11.7 Å². The first kappa shape index (κ1) is 20.2. The van der Waals surface area contributed by atoms with Gasteiger partial charge in [-0.25, -0.2) is 9.37 Å². The quantitative estimate of drug-likeness (QED) is 0.600. The van der Waals surface area contributed by atoms with E-state index in [1.54, 1.807) is 30.6 Å². The number of nitrogens with two attached hydrogens (primary N) is 1. The summed E-state index contributed by atoms with van der Waals surface area (Å²) >= 11 is 0. The molecule has 0 bridgehead atoms. The number of pyridine rings is 2. The van der Waals surface area contributed by atoms with Crippen LogP contribution in [-0.2, 0) is 9.47 Å². The molecule has 7 nitrogen and oxygen atoms in total. The molecule has 4 rings (SSSR count). The van der Waals surface area contributed by atoms with Crippen molar-refractivity contribution in [1.82, 2.24) is 9.97 Å². The second-order valence-corrected chi connectivity index (χ2v) is 7.00. The minimum absolute atomic E-state index is 0.139. The van der Waals surface area contributed by atoms with E-state index >= 15 is 0 Å². The van der Waals surface area contributed by atoms with Crippen LogP contribution in [0.2, 0.25) is 0 Å². The first-order valence-electron chi connectivity index (χ1n) is 9.78. The van der Waals surface area contributed by atoms with Crippen LogP contribution in [0.15, 0.2) is 42.7 Å². The lowest BCUT2D eigenvalue weighted by atomic mass is 10.0. The Kier molecular flexibility index (Phi) is 6.15. The molecule has 0 atom stereocenters. The number of carbonyl (C=O) groups excluding carboxylic acids is 1. The first-order valence-corrected chi connectivity index (χ1v) is 9.78. The van der Waals surface area contributed by atoms with E-state index in [1.165, 1.54) is 12.1 Å². The van der Waals surface area contributed by atoms with Crippen LogP contribution in [0.5, 0.6) is 5.75 Å². The zero-order chi connectivity index (χ0) is 20.9. The summed E-state index contributed by atoms with van der Waals surface area (Å²) in [6.45, 7) is 2.06. The van der Waals surface area contributed by atoms with E-state index in [9.17, 15) is 9.18 Å². The predicted octanol–water partition coefficient (Wildman–Crippen LogP) is 3.11. The largest absolute Gasteiger partial charge is 0.488 e. The number of rotatable bonds is 7. The Morgan fingerprint density at radius 3 is 2.77 bits per heavy atom. The second-order valence-electron chi connectivity index (χ2n) is 7.00. The molecule has 3 aromatic rings. The van der Waals surface area contributed by atoms with Gasteiger partial charge in [0.25, 0.3) is 5.91 Å². The number of fused-ring (bicyclic) bond motifs is 1. The fourth-order valence-corrected chi connectivity index (χ4v) is 3.39. The first-order chi connectivity index (χ1) is 14.6. The van der Waals surface area contributed by atoms with E-state index in [0.717, 1.165) is 18.2 Å². The van der Waals surface area contributed by atoms with Crippen molar-refractivity contribution in [2.24, 2.45) is 5.73 Å². The van der Waals surface area contributed by atoms with Gasteiger partial charge in [0, 0.05) is 36.6 Å². The molecule has 1 amide bonds. The molecule has 0 radical (unpaired) electrons. The summed E-state index contributed by atoms with van der Waals surface area (Å²) in [5.41, 5.74) is 7.17. The molecular weight excluding hydrogens is 389 g/mol. The van der Waals surface area contributed by atoms with Crippen LogP contribution in [0.25, 0.3) is 22.0 Å².